The highest BCUT2D eigenvalue weighted by molar-refractivity contribution is 4.88. The van der Waals surface area contributed by atoms with E-state index in [4.69, 9.17) is 0 Å². The van der Waals surface area contributed by atoms with Gasteiger partial charge in [-0.2, -0.15) is 0 Å². The Bertz CT molecular complexity index is 111. The summed E-state index contributed by atoms with van der Waals surface area (Å²) in [6.45, 7) is 0. The van der Waals surface area contributed by atoms with E-state index in [0.29, 0.717) is 5.92 Å². The van der Waals surface area contributed by atoms with Gasteiger partial charge < -0.3 is 5.11 Å². The van der Waals surface area contributed by atoms with Gasteiger partial charge in [-0.25, -0.2) is 0 Å². The first-order valence-corrected chi connectivity index (χ1v) is 4.06. The third-order valence-electron chi connectivity index (χ3n) is 3.05. The Morgan fingerprint density at radius 1 is 1.00 bits per heavy atom. The van der Waals surface area contributed by atoms with E-state index in [0.717, 1.165) is 12.3 Å². The largest absolute Gasteiger partial charge is 0.393 e. The Balaban J connectivity index is 2.07. The molecule has 2 aliphatic carbocycles. The summed E-state index contributed by atoms with van der Waals surface area (Å²) in [7, 11) is 0. The normalized spacial score (nSPS) is 49.7. The summed E-state index contributed by atoms with van der Waals surface area (Å²) in [5, 5.41) is 9.40. The first kappa shape index (κ1) is 5.72. The van der Waals surface area contributed by atoms with Gasteiger partial charge >= 0.3 is 0 Å². The molecular weight excluding hydrogens is 112 g/mol. The molecule has 0 aromatic heterocycles. The highest BCUT2D eigenvalue weighted by Gasteiger charge is 2.37. The first-order chi connectivity index (χ1) is 4.38. The van der Waals surface area contributed by atoms with Crippen molar-refractivity contribution in [2.45, 2.75) is 38.2 Å². The molecular formula is C8H14O. The van der Waals surface area contributed by atoms with E-state index in [2.05, 4.69) is 0 Å². The molecule has 0 aromatic carbocycles. The van der Waals surface area contributed by atoms with Crippen molar-refractivity contribution in [1.82, 2.24) is 0 Å². The molecule has 0 radical (unpaired) electrons. The van der Waals surface area contributed by atoms with Crippen LogP contribution in [0.2, 0.25) is 0 Å². The number of hydrogen-bond donors (Lipinski definition) is 1. The molecule has 0 unspecified atom stereocenters. The number of aliphatic hydroxyl groups is 1. The molecule has 3 atom stereocenters. The van der Waals surface area contributed by atoms with Crippen molar-refractivity contribution in [2.75, 3.05) is 0 Å². The average Bonchev–Trinajstić information content (AvgIpc) is 2.35. The minimum Gasteiger partial charge on any atom is -0.393 e. The molecule has 2 fully saturated rings. The predicted octanol–water partition coefficient (Wildman–Crippen LogP) is 1.56. The van der Waals surface area contributed by atoms with Crippen molar-refractivity contribution in [3.8, 4) is 0 Å². The summed E-state index contributed by atoms with van der Waals surface area (Å²) in [5.74, 6) is 1.60. The van der Waals surface area contributed by atoms with Crippen LogP contribution < -0.4 is 0 Å². The zero-order chi connectivity index (χ0) is 6.27. The second kappa shape index (κ2) is 1.98. The van der Waals surface area contributed by atoms with E-state index in [1.54, 1.807) is 0 Å². The van der Waals surface area contributed by atoms with E-state index in [9.17, 15) is 5.11 Å². The Morgan fingerprint density at radius 3 is 2.67 bits per heavy atom. The van der Waals surface area contributed by atoms with Crippen LogP contribution in [-0.2, 0) is 0 Å². The summed E-state index contributed by atoms with van der Waals surface area (Å²) in [6, 6.07) is 0. The molecule has 0 aromatic rings. The van der Waals surface area contributed by atoms with Crippen LogP contribution in [0.25, 0.3) is 0 Å². The zero-order valence-electron chi connectivity index (χ0n) is 5.71. The lowest BCUT2D eigenvalue weighted by atomic mass is 9.99. The van der Waals surface area contributed by atoms with Crippen molar-refractivity contribution in [2.24, 2.45) is 11.8 Å². The van der Waals surface area contributed by atoms with E-state index >= 15 is 0 Å². The fourth-order valence-corrected chi connectivity index (χ4v) is 2.53. The van der Waals surface area contributed by atoms with Gasteiger partial charge in [0.05, 0.1) is 6.10 Å². The zero-order valence-corrected chi connectivity index (χ0v) is 5.71. The quantitative estimate of drug-likeness (QED) is 0.522. The van der Waals surface area contributed by atoms with Crippen molar-refractivity contribution < 1.29 is 5.11 Å². The topological polar surface area (TPSA) is 20.2 Å². The van der Waals surface area contributed by atoms with E-state index in [-0.39, 0.29) is 6.10 Å². The maximum Gasteiger partial charge on any atom is 0.0571 e. The van der Waals surface area contributed by atoms with Gasteiger partial charge in [0, 0.05) is 0 Å². The summed E-state index contributed by atoms with van der Waals surface area (Å²) < 4.78 is 0. The molecule has 0 heterocycles. The predicted molar refractivity (Wildman–Crippen MR) is 36.1 cm³/mol. The van der Waals surface area contributed by atoms with E-state index < -0.39 is 0 Å². The van der Waals surface area contributed by atoms with Crippen molar-refractivity contribution in [1.29, 1.82) is 0 Å². The monoisotopic (exact) mass is 126 g/mol. The molecule has 0 bridgehead atoms. The minimum absolute atomic E-state index is 0.0671. The second-order valence-corrected chi connectivity index (χ2v) is 3.50. The van der Waals surface area contributed by atoms with Gasteiger partial charge in [0.2, 0.25) is 0 Å². The molecule has 9 heavy (non-hydrogen) atoms. The molecule has 0 saturated heterocycles. The van der Waals surface area contributed by atoms with Crippen LogP contribution in [0, 0.1) is 11.8 Å². The van der Waals surface area contributed by atoms with Gasteiger partial charge in [-0.15, -0.1) is 0 Å². The lowest BCUT2D eigenvalue weighted by Gasteiger charge is -2.10. The van der Waals surface area contributed by atoms with Gasteiger partial charge in [0.1, 0.15) is 0 Å². The van der Waals surface area contributed by atoms with Crippen molar-refractivity contribution >= 4 is 0 Å². The Labute approximate surface area is 56.1 Å². The summed E-state index contributed by atoms with van der Waals surface area (Å²) in [6.07, 6.45) is 6.50. The van der Waals surface area contributed by atoms with Gasteiger partial charge in [-0.1, -0.05) is 12.8 Å². The molecule has 1 N–H and O–H groups in total. The number of rotatable bonds is 0. The van der Waals surface area contributed by atoms with Crippen LogP contribution in [0.15, 0.2) is 0 Å². The fraction of sp³-hybridized carbons (Fsp3) is 1.00. The average molecular weight is 126 g/mol. The van der Waals surface area contributed by atoms with Crippen LogP contribution in [0.3, 0.4) is 0 Å². The van der Waals surface area contributed by atoms with Crippen LogP contribution in [0.4, 0.5) is 0 Å². The van der Waals surface area contributed by atoms with Gasteiger partial charge in [-0.05, 0) is 31.1 Å². The van der Waals surface area contributed by atoms with E-state index in [1.807, 2.05) is 0 Å². The maximum absolute atomic E-state index is 9.40. The Morgan fingerprint density at radius 2 is 1.89 bits per heavy atom. The third kappa shape index (κ3) is 0.787. The number of fused-ring (bicyclic) bond motifs is 1. The lowest BCUT2D eigenvalue weighted by molar-refractivity contribution is 0.126. The molecule has 2 rings (SSSR count). The van der Waals surface area contributed by atoms with Crippen molar-refractivity contribution in [3.63, 3.8) is 0 Å². The van der Waals surface area contributed by atoms with Gasteiger partial charge in [0.15, 0.2) is 0 Å². The van der Waals surface area contributed by atoms with E-state index in [1.165, 1.54) is 25.7 Å². The lowest BCUT2D eigenvalue weighted by Crippen LogP contribution is -2.13. The molecule has 2 aliphatic rings. The van der Waals surface area contributed by atoms with Crippen LogP contribution in [-0.4, -0.2) is 11.2 Å². The Hall–Kier alpha value is -0.0400. The highest BCUT2D eigenvalue weighted by Crippen LogP contribution is 2.43. The molecule has 52 valence electrons. The highest BCUT2D eigenvalue weighted by atomic mass is 16.3. The van der Waals surface area contributed by atoms with Crippen LogP contribution >= 0.6 is 0 Å². The molecule has 1 heteroatoms. The van der Waals surface area contributed by atoms with Crippen LogP contribution in [0.5, 0.6) is 0 Å². The Kier molecular flexibility index (Phi) is 1.26. The second-order valence-electron chi connectivity index (χ2n) is 3.50. The van der Waals surface area contributed by atoms with Gasteiger partial charge in [0.25, 0.3) is 0 Å². The number of aliphatic hydroxyl groups excluding tert-OH is 1. The molecule has 0 spiro atoms. The summed E-state index contributed by atoms with van der Waals surface area (Å²) in [4.78, 5) is 0. The third-order valence-corrected chi connectivity index (χ3v) is 3.05. The molecule has 0 amide bonds. The SMILES string of the molecule is O[C@H]1CC[C@H]2CCC[C@H]21. The first-order valence-electron chi connectivity index (χ1n) is 4.06. The molecule has 0 aliphatic heterocycles. The number of hydrogen-bond acceptors (Lipinski definition) is 1. The summed E-state index contributed by atoms with van der Waals surface area (Å²) in [5.41, 5.74) is 0. The minimum atomic E-state index is 0.0671. The standard InChI is InChI=1S/C8H14O/c9-8-5-4-6-2-1-3-7(6)8/h6-9H,1-5H2/t6-,7-,8+/m1/s1. The van der Waals surface area contributed by atoms with Crippen LogP contribution in [0.1, 0.15) is 32.1 Å². The molecule has 1 nitrogen and oxygen atoms in total. The molecule has 2 saturated carbocycles. The fourth-order valence-electron chi connectivity index (χ4n) is 2.53. The maximum atomic E-state index is 9.40. The smallest absolute Gasteiger partial charge is 0.0571 e. The van der Waals surface area contributed by atoms with Crippen molar-refractivity contribution in [3.05, 3.63) is 0 Å². The van der Waals surface area contributed by atoms with Gasteiger partial charge in [-0.3, -0.25) is 0 Å². The summed E-state index contributed by atoms with van der Waals surface area (Å²) >= 11 is 0.